The van der Waals surface area contributed by atoms with E-state index in [0.29, 0.717) is 0 Å². The number of hydrogen-bond acceptors (Lipinski definition) is 55. The highest BCUT2D eigenvalue weighted by Gasteiger charge is 2.66. The number of aliphatic hydroxyl groups is 29. The van der Waals surface area contributed by atoms with Gasteiger partial charge in [0, 0.05) is 47.5 Å². The van der Waals surface area contributed by atoms with Gasteiger partial charge in [0.2, 0.25) is 29.5 Å². The van der Waals surface area contributed by atoms with E-state index in [-0.39, 0.29) is 0 Å². The van der Waals surface area contributed by atoms with E-state index >= 15 is 0 Å². The number of rotatable bonds is 39. The summed E-state index contributed by atoms with van der Waals surface area (Å²) < 4.78 is 112. The van der Waals surface area contributed by atoms with Crippen LogP contribution in [0, 0.1) is 0 Å². The van der Waals surface area contributed by atoms with Crippen LogP contribution in [0.5, 0.6) is 0 Å². The molecule has 52 atom stereocenters. The Morgan fingerprint density at radius 1 is 0.297 bits per heavy atom. The van der Waals surface area contributed by atoms with Crippen LogP contribution in [-0.4, -0.2) is 584 Å². The number of amides is 5. The second kappa shape index (κ2) is 49.0. The van der Waals surface area contributed by atoms with Gasteiger partial charge in [0.25, 0.3) is 11.6 Å². The lowest BCUT2D eigenvalue weighted by Gasteiger charge is -2.51. The second-order valence-electron chi connectivity index (χ2n) is 34.6. The van der Waals surface area contributed by atoms with Crippen molar-refractivity contribution < 1.29 is 282 Å². The van der Waals surface area contributed by atoms with E-state index in [1.54, 1.807) is 0 Å². The Bertz CT molecular complexity index is 3930. The molecule has 0 aromatic rings. The highest BCUT2D eigenvalue weighted by Crippen LogP contribution is 2.44. The van der Waals surface area contributed by atoms with E-state index < -0.39 is 438 Å². The average Bonchev–Trinajstić information content (AvgIpc) is 0.752. The molecule has 0 aromatic carbocycles. The lowest BCUT2D eigenvalue weighted by Crippen LogP contribution is -2.71. The molecule has 0 spiro atoms. The third kappa shape index (κ3) is 25.0. The van der Waals surface area contributed by atoms with Crippen molar-refractivity contribution in [2.45, 2.75) is 365 Å². The number of aliphatic hydroxyl groups excluding tert-OH is 29. The quantitative estimate of drug-likeness (QED) is 0.0272. The molecule has 62 nitrogen and oxygen atoms in total. The fourth-order valence-electron chi connectivity index (χ4n) is 17.8. The van der Waals surface area contributed by atoms with Crippen LogP contribution >= 0.6 is 0 Å². The van der Waals surface area contributed by atoms with Gasteiger partial charge in [-0.2, -0.15) is 0 Å². The van der Waals surface area contributed by atoms with Crippen LogP contribution in [0.2, 0.25) is 0 Å². The van der Waals surface area contributed by atoms with Crippen molar-refractivity contribution in [1.82, 2.24) is 26.6 Å². The van der Waals surface area contributed by atoms with Gasteiger partial charge in [-0.05, 0) is 0 Å². The zero-order valence-corrected chi connectivity index (χ0v) is 73.8. The maximum absolute atomic E-state index is 13.4. The molecule has 0 radical (unpaired) electrons. The molecular weight excluding hydrogens is 1890 g/mol. The summed E-state index contributed by atoms with van der Waals surface area (Å²) in [6.45, 7) is -7.95. The predicted molar refractivity (Wildman–Crippen MR) is 422 cm³/mol. The molecule has 10 fully saturated rings. The second-order valence-corrected chi connectivity index (χ2v) is 34.6. The molecule has 5 amide bonds. The number of aliphatic carboxylic acids is 2. The molecule has 0 aromatic heterocycles. The maximum Gasteiger partial charge on any atom is 0.364 e. The van der Waals surface area contributed by atoms with Crippen LogP contribution in [0.1, 0.15) is 47.5 Å². The van der Waals surface area contributed by atoms with Gasteiger partial charge >= 0.3 is 11.9 Å². The van der Waals surface area contributed by atoms with Crippen LogP contribution < -0.4 is 26.6 Å². The van der Waals surface area contributed by atoms with E-state index in [0.717, 1.165) is 34.6 Å². The molecule has 0 saturated carbocycles. The van der Waals surface area contributed by atoms with Crippen LogP contribution in [0.15, 0.2) is 0 Å². The summed E-state index contributed by atoms with van der Waals surface area (Å²) in [4.78, 5) is 91.1. The summed E-state index contributed by atoms with van der Waals surface area (Å²) in [7, 11) is 0. The van der Waals surface area contributed by atoms with Gasteiger partial charge < -0.3 is 275 Å². The Morgan fingerprint density at radius 3 is 0.855 bits per heavy atom. The topological polar surface area (TPSA) is 982 Å². The summed E-state index contributed by atoms with van der Waals surface area (Å²) in [5.74, 6) is -16.1. The van der Waals surface area contributed by atoms with E-state index in [1.165, 1.54) is 0 Å². The van der Waals surface area contributed by atoms with Gasteiger partial charge in [-0.1, -0.05) is 0 Å². The average molecular weight is 2020 g/mol. The molecule has 138 heavy (non-hydrogen) atoms. The van der Waals surface area contributed by atoms with Crippen molar-refractivity contribution in [3.05, 3.63) is 0 Å². The Kier molecular flexibility index (Phi) is 40.6. The minimum absolute atomic E-state index is 0.832. The van der Waals surface area contributed by atoms with Crippen molar-refractivity contribution >= 4 is 41.5 Å². The Morgan fingerprint density at radius 2 is 0.551 bits per heavy atom. The number of carbonyl (C=O) groups excluding carboxylic acids is 5. The molecule has 10 aliphatic rings. The number of ether oxygens (including phenoxy) is 19. The molecule has 10 heterocycles. The van der Waals surface area contributed by atoms with Gasteiger partial charge in [-0.15, -0.1) is 0 Å². The summed E-state index contributed by atoms with van der Waals surface area (Å²) in [5, 5.41) is 358. The number of hydrogen-bond donors (Lipinski definition) is 36. The normalized spacial score (nSPS) is 46.2. The van der Waals surface area contributed by atoms with Gasteiger partial charge in [-0.25, -0.2) is 9.59 Å². The largest absolute Gasteiger partial charge is 0.477 e. The van der Waals surface area contributed by atoms with Gasteiger partial charge in [0.05, 0.1) is 90.4 Å². The summed E-state index contributed by atoms with van der Waals surface area (Å²) in [6.07, 6.45) is -104. The zero-order valence-electron chi connectivity index (χ0n) is 73.8. The Labute approximate surface area is 779 Å². The van der Waals surface area contributed by atoms with Gasteiger partial charge in [0.1, 0.15) is 232 Å². The van der Waals surface area contributed by atoms with E-state index in [9.17, 15) is 192 Å². The fraction of sp³-hybridized carbons (Fsp3) is 0.908. The number of nitrogens with one attached hydrogen (secondary N) is 5. The van der Waals surface area contributed by atoms with Crippen molar-refractivity contribution in [3.63, 3.8) is 0 Å². The molecule has 0 aliphatic carbocycles. The van der Waals surface area contributed by atoms with E-state index in [1.807, 2.05) is 0 Å². The standard InChI is InChI=1S/C76H125N5O57/c1-18(91)77-35-23(96)6-75(73(116)117,135-59(35)40(100)25(98)8-82)137-63-43(103)28(11-85)123-71(53(63)113)130-55-31(14-88)125-66(37(46(55)106)79-20(3)93)120-17-34-45(105)62(52(112)70(128-34)129-56-32(15-89)126-67(38(47(56)107)80-21(4)94)133-61-42(102)27(10-84)122-69(51(61)111)132-58-30(13-87)121-65(115)50(110)49(58)109)134-68-39(81-22(5)95)48(108)57(33(16-90)127-68)131-72-54(114)64(44(104)29(12-86)124-72)138-76(74(118)119)7-24(97)36(78-19(2)92)60(136-76)41(101)26(99)9-83/h23-72,82-90,96-115H,6-17H2,1-5H3,(H,77,91)(H,78,92)(H,79,93)(H,80,94)(H,81,95)(H,116,117)(H,118,119)/t23-,24-,25+,26+,27+,28+,29+,30+,31+,32+,33+,34+,35+,36+,37+,38+,39-,40+,41+,42-,43-,44-,45-,46+,47+,48+,49+,50+,51+,52+,53+,54+,55+,56+,57+,58+,59+,60+,61-,62-,63-,64-,65+,66+,67-,68-,69-,70-,71-,72-,75-,76-/m0/s1. The lowest BCUT2D eigenvalue weighted by molar-refractivity contribution is -0.393. The molecular formula is C76H125N5O57. The van der Waals surface area contributed by atoms with Crippen LogP contribution in [-0.2, 0) is 124 Å². The minimum Gasteiger partial charge on any atom is -0.477 e. The molecule has 0 unspecified atom stereocenters. The molecule has 796 valence electrons. The first kappa shape index (κ1) is 114. The predicted octanol–water partition coefficient (Wildman–Crippen LogP) is -23.7. The van der Waals surface area contributed by atoms with Crippen molar-refractivity contribution in [1.29, 1.82) is 0 Å². The Hall–Kier alpha value is -5.63. The summed E-state index contributed by atoms with van der Waals surface area (Å²) in [6, 6.07) is -9.92. The highest BCUT2D eigenvalue weighted by atomic mass is 16.8. The molecule has 0 bridgehead atoms. The number of carbonyl (C=O) groups is 7. The zero-order chi connectivity index (χ0) is 102. The van der Waals surface area contributed by atoms with Crippen LogP contribution in [0.4, 0.5) is 0 Å². The van der Waals surface area contributed by atoms with Crippen molar-refractivity contribution in [2.24, 2.45) is 0 Å². The third-order valence-electron chi connectivity index (χ3n) is 24.8. The third-order valence-corrected chi connectivity index (χ3v) is 24.8. The first-order valence-corrected chi connectivity index (χ1v) is 43.4. The SMILES string of the molecule is CC(=O)N[C@@H]1[C@H](O[C@H]2[C@@H](O)[C@@H](CO[C@@H]3O[C@H](CO)[C@@H](O[C@@H]4O[C@H](CO)[C@H](O)[C@H](O[C@]5(C(=O)O)C[C@H](O)[C@@H](NC(C)=O)[C@H]([C@H](O)[C@H](O)CO)O5)[C@H]4O)[C@H](O)[C@H]3NC(C)=O)O[C@@H](O[C@H]3[C@H](O)[C@@H](NC(C)=O)[C@H](O[C@H]4[C@@H](O)[C@@H](CO)O[C@@H](O[C@H]5[C@H](O)[C@@H](O)[C@H](O)O[C@@H]5CO)[C@@H]4O)O[C@@H]3CO)[C@@H]2O)O[C@H](CO)[C@@H](O[C@@H]2O[C@H](CO)[C@H](O)[C@H](O[C@]3(C(=O)O)C[C@H](O)[C@@H](NC(C)=O)[C@H]([C@H](O)[C@H](O)CO)O3)[C@H]2O)[C@@H]1O. The minimum atomic E-state index is -3.36. The highest BCUT2D eigenvalue weighted by molar-refractivity contribution is 5.78. The van der Waals surface area contributed by atoms with E-state index in [2.05, 4.69) is 26.6 Å². The van der Waals surface area contributed by atoms with E-state index in [4.69, 9.17) is 90.0 Å². The monoisotopic (exact) mass is 2020 g/mol. The molecule has 62 heteroatoms. The molecule has 10 saturated heterocycles. The van der Waals surface area contributed by atoms with Crippen molar-refractivity contribution in [3.8, 4) is 0 Å². The van der Waals surface area contributed by atoms with Crippen LogP contribution in [0.3, 0.4) is 0 Å². The molecule has 10 rings (SSSR count). The molecule has 10 aliphatic heterocycles. The van der Waals surface area contributed by atoms with Gasteiger partial charge in [-0.3, -0.25) is 24.0 Å². The summed E-state index contributed by atoms with van der Waals surface area (Å²) >= 11 is 0. The van der Waals surface area contributed by atoms with Crippen LogP contribution in [0.25, 0.3) is 0 Å². The lowest BCUT2D eigenvalue weighted by atomic mass is 9.88. The van der Waals surface area contributed by atoms with Crippen molar-refractivity contribution in [2.75, 3.05) is 66.1 Å². The molecule has 36 N–H and O–H groups in total. The number of carboxylic acids is 2. The van der Waals surface area contributed by atoms with Gasteiger partial charge in [0.15, 0.2) is 50.3 Å². The summed E-state index contributed by atoms with van der Waals surface area (Å²) in [5.41, 5.74) is 0. The smallest absolute Gasteiger partial charge is 0.364 e. The number of carboxylic acid groups (broad SMARTS) is 2. The first-order valence-electron chi connectivity index (χ1n) is 43.4. The maximum atomic E-state index is 13.4. The Balaban J connectivity index is 0.962. The fourth-order valence-corrected chi connectivity index (χ4v) is 17.8. The first-order chi connectivity index (χ1) is 65.0.